The van der Waals surface area contributed by atoms with Crippen LogP contribution in [0.25, 0.3) is 0 Å². The van der Waals surface area contributed by atoms with Gasteiger partial charge in [-0.05, 0) is 38.7 Å². The molecule has 0 bridgehead atoms. The van der Waals surface area contributed by atoms with Crippen LogP contribution in [0.1, 0.15) is 44.8 Å². The Labute approximate surface area is 120 Å². The van der Waals surface area contributed by atoms with Gasteiger partial charge in [0.1, 0.15) is 0 Å². The van der Waals surface area contributed by atoms with Crippen LogP contribution in [0.4, 0.5) is 5.69 Å². The maximum atomic E-state index is 11.9. The summed E-state index contributed by atoms with van der Waals surface area (Å²) in [5.74, 6) is 0.235. The predicted octanol–water partition coefficient (Wildman–Crippen LogP) is 2.17. The molecule has 0 spiro atoms. The number of benzene rings is 1. The molecule has 0 heterocycles. The van der Waals surface area contributed by atoms with E-state index in [0.29, 0.717) is 11.3 Å². The first kappa shape index (κ1) is 15.3. The number of hydrogen-bond donors (Lipinski definition) is 3. The molecular formula is C14H22N2O3S. The van der Waals surface area contributed by atoms with Crippen molar-refractivity contribution in [3.8, 4) is 0 Å². The molecule has 112 valence electrons. The van der Waals surface area contributed by atoms with Crippen molar-refractivity contribution in [2.75, 3.05) is 4.72 Å². The van der Waals surface area contributed by atoms with Crippen LogP contribution in [-0.2, 0) is 10.2 Å². The molecule has 1 aliphatic carbocycles. The Morgan fingerprint density at radius 3 is 2.45 bits per heavy atom. The summed E-state index contributed by atoms with van der Waals surface area (Å²) in [7, 11) is -3.62. The van der Waals surface area contributed by atoms with E-state index < -0.39 is 16.3 Å². The first-order chi connectivity index (χ1) is 9.39. The van der Waals surface area contributed by atoms with Gasteiger partial charge in [0.2, 0.25) is 0 Å². The van der Waals surface area contributed by atoms with E-state index >= 15 is 0 Å². The lowest BCUT2D eigenvalue weighted by molar-refractivity contribution is 0.0627. The zero-order valence-electron chi connectivity index (χ0n) is 11.8. The number of aliphatic hydroxyl groups is 1. The maximum Gasteiger partial charge on any atom is 0.299 e. The lowest BCUT2D eigenvalue weighted by Crippen LogP contribution is -2.35. The third-order valence-corrected chi connectivity index (χ3v) is 4.78. The molecule has 3 N–H and O–H groups in total. The van der Waals surface area contributed by atoms with Crippen LogP contribution in [0.5, 0.6) is 0 Å². The minimum absolute atomic E-state index is 0.184. The van der Waals surface area contributed by atoms with Gasteiger partial charge in [0.15, 0.2) is 0 Å². The third-order valence-electron chi connectivity index (χ3n) is 3.51. The molecule has 1 fully saturated rings. The minimum Gasteiger partial charge on any atom is -0.388 e. The SMILES string of the molecule is CC(C)NS(=O)(=O)Nc1ccccc1C(O)C1CCC1. The van der Waals surface area contributed by atoms with Crippen LogP contribution < -0.4 is 9.44 Å². The number of para-hydroxylation sites is 1. The second kappa shape index (κ2) is 6.11. The van der Waals surface area contributed by atoms with E-state index in [1.807, 2.05) is 6.07 Å². The van der Waals surface area contributed by atoms with Gasteiger partial charge in [-0.3, -0.25) is 4.72 Å². The van der Waals surface area contributed by atoms with Crippen molar-refractivity contribution in [2.45, 2.75) is 45.3 Å². The Morgan fingerprint density at radius 1 is 1.25 bits per heavy atom. The quantitative estimate of drug-likeness (QED) is 0.753. The van der Waals surface area contributed by atoms with Crippen molar-refractivity contribution < 1.29 is 13.5 Å². The summed E-state index contributed by atoms with van der Waals surface area (Å²) < 4.78 is 28.8. The maximum absolute atomic E-state index is 11.9. The van der Waals surface area contributed by atoms with Crippen molar-refractivity contribution >= 4 is 15.9 Å². The smallest absolute Gasteiger partial charge is 0.299 e. The molecule has 1 aromatic rings. The summed E-state index contributed by atoms with van der Waals surface area (Å²) in [5.41, 5.74) is 1.09. The molecule has 5 nitrogen and oxygen atoms in total. The highest BCUT2D eigenvalue weighted by molar-refractivity contribution is 7.90. The number of nitrogens with one attached hydrogen (secondary N) is 2. The summed E-state index contributed by atoms with van der Waals surface area (Å²) in [5, 5.41) is 10.3. The molecule has 1 aliphatic rings. The van der Waals surface area contributed by atoms with E-state index in [2.05, 4.69) is 9.44 Å². The van der Waals surface area contributed by atoms with Crippen molar-refractivity contribution in [2.24, 2.45) is 5.92 Å². The minimum atomic E-state index is -3.62. The van der Waals surface area contributed by atoms with Crippen LogP contribution in [0.2, 0.25) is 0 Å². The fourth-order valence-corrected chi connectivity index (χ4v) is 3.50. The van der Waals surface area contributed by atoms with E-state index in [1.165, 1.54) is 0 Å². The molecule has 2 rings (SSSR count). The molecular weight excluding hydrogens is 276 g/mol. The molecule has 1 atom stereocenters. The molecule has 1 unspecified atom stereocenters. The lowest BCUT2D eigenvalue weighted by atomic mass is 9.78. The molecule has 1 saturated carbocycles. The largest absolute Gasteiger partial charge is 0.388 e. The topological polar surface area (TPSA) is 78.4 Å². The molecule has 0 saturated heterocycles. The fraction of sp³-hybridized carbons (Fsp3) is 0.571. The molecule has 6 heteroatoms. The third kappa shape index (κ3) is 3.71. The number of rotatable bonds is 6. The Morgan fingerprint density at radius 2 is 1.90 bits per heavy atom. The van der Waals surface area contributed by atoms with Gasteiger partial charge >= 0.3 is 0 Å². The molecule has 0 aliphatic heterocycles. The van der Waals surface area contributed by atoms with Crippen LogP contribution in [0, 0.1) is 5.92 Å². The van der Waals surface area contributed by atoms with Gasteiger partial charge in [-0.25, -0.2) is 0 Å². The Hall–Kier alpha value is -1.11. The zero-order chi connectivity index (χ0) is 14.8. The zero-order valence-corrected chi connectivity index (χ0v) is 12.7. The average molecular weight is 298 g/mol. The van der Waals surface area contributed by atoms with Crippen LogP contribution in [0.3, 0.4) is 0 Å². The molecule has 0 amide bonds. The van der Waals surface area contributed by atoms with Gasteiger partial charge in [0, 0.05) is 11.6 Å². The first-order valence-corrected chi connectivity index (χ1v) is 8.44. The summed E-state index contributed by atoms with van der Waals surface area (Å²) in [4.78, 5) is 0. The van der Waals surface area contributed by atoms with E-state index in [0.717, 1.165) is 19.3 Å². The summed E-state index contributed by atoms with van der Waals surface area (Å²) >= 11 is 0. The predicted molar refractivity (Wildman–Crippen MR) is 79.6 cm³/mol. The van der Waals surface area contributed by atoms with Crippen molar-refractivity contribution in [3.63, 3.8) is 0 Å². The highest BCUT2D eigenvalue weighted by Crippen LogP contribution is 2.39. The van der Waals surface area contributed by atoms with Gasteiger partial charge < -0.3 is 5.11 Å². The highest BCUT2D eigenvalue weighted by atomic mass is 32.2. The Kier molecular flexibility index (Phi) is 4.67. The van der Waals surface area contributed by atoms with E-state index in [1.54, 1.807) is 32.0 Å². The average Bonchev–Trinajstić information content (AvgIpc) is 2.24. The fourth-order valence-electron chi connectivity index (χ4n) is 2.34. The standard InChI is InChI=1S/C14H22N2O3S/c1-10(2)15-20(18,19)16-13-9-4-3-8-12(13)14(17)11-6-5-7-11/h3-4,8-11,14-17H,5-7H2,1-2H3. The number of hydrogen-bond acceptors (Lipinski definition) is 3. The van der Waals surface area contributed by atoms with E-state index in [9.17, 15) is 13.5 Å². The van der Waals surface area contributed by atoms with Gasteiger partial charge in [0.05, 0.1) is 11.8 Å². The van der Waals surface area contributed by atoms with Crippen LogP contribution >= 0.6 is 0 Å². The van der Waals surface area contributed by atoms with Gasteiger partial charge in [0.25, 0.3) is 10.2 Å². The summed E-state index contributed by atoms with van der Waals surface area (Å²) in [6, 6.07) is 6.83. The first-order valence-electron chi connectivity index (χ1n) is 6.96. The van der Waals surface area contributed by atoms with Gasteiger partial charge in [-0.1, -0.05) is 24.6 Å². The second-order valence-electron chi connectivity index (χ2n) is 5.60. The molecule has 1 aromatic carbocycles. The number of aliphatic hydroxyl groups excluding tert-OH is 1. The second-order valence-corrected chi connectivity index (χ2v) is 7.05. The van der Waals surface area contributed by atoms with Crippen molar-refractivity contribution in [1.82, 2.24) is 4.72 Å². The van der Waals surface area contributed by atoms with E-state index in [4.69, 9.17) is 0 Å². The summed E-state index contributed by atoms with van der Waals surface area (Å²) in [6.07, 6.45) is 2.51. The van der Waals surface area contributed by atoms with Crippen molar-refractivity contribution in [1.29, 1.82) is 0 Å². The molecule has 20 heavy (non-hydrogen) atoms. The van der Waals surface area contributed by atoms with Crippen LogP contribution in [-0.4, -0.2) is 19.6 Å². The normalized spacial score (nSPS) is 17.8. The van der Waals surface area contributed by atoms with Gasteiger partial charge in [-0.2, -0.15) is 13.1 Å². The molecule has 0 radical (unpaired) electrons. The Bertz CT molecular complexity index is 553. The van der Waals surface area contributed by atoms with E-state index in [-0.39, 0.29) is 12.0 Å². The van der Waals surface area contributed by atoms with Crippen LogP contribution in [0.15, 0.2) is 24.3 Å². The van der Waals surface area contributed by atoms with Crippen molar-refractivity contribution in [3.05, 3.63) is 29.8 Å². The lowest BCUT2D eigenvalue weighted by Gasteiger charge is -2.31. The highest BCUT2D eigenvalue weighted by Gasteiger charge is 2.28. The Balaban J connectivity index is 2.19. The molecule has 0 aromatic heterocycles. The number of anilines is 1. The monoisotopic (exact) mass is 298 g/mol. The summed E-state index contributed by atoms with van der Waals surface area (Å²) in [6.45, 7) is 3.52. The van der Waals surface area contributed by atoms with Gasteiger partial charge in [-0.15, -0.1) is 0 Å².